The third-order valence-electron chi connectivity index (χ3n) is 4.67. The van der Waals surface area contributed by atoms with Crippen molar-refractivity contribution in [3.8, 4) is 0 Å². The Morgan fingerprint density at radius 1 is 0.750 bits per heavy atom. The van der Waals surface area contributed by atoms with E-state index in [1.165, 1.54) is 37.1 Å². The molecule has 4 nitrogen and oxygen atoms in total. The van der Waals surface area contributed by atoms with Gasteiger partial charge in [0, 0.05) is 49.3 Å². The molecule has 2 aliphatic heterocycles. The molecule has 3 rings (SSSR count). The summed E-state index contributed by atoms with van der Waals surface area (Å²) in [4.78, 5) is 9.43. The first-order valence-electron chi connectivity index (χ1n) is 9.28. The summed E-state index contributed by atoms with van der Waals surface area (Å²) in [5.74, 6) is 0. The van der Waals surface area contributed by atoms with Gasteiger partial charge in [0.15, 0.2) is 0 Å². The maximum absolute atomic E-state index is 2.39. The van der Waals surface area contributed by atoms with Gasteiger partial charge < -0.3 is 19.6 Å². The topological polar surface area (TPSA) is 13.0 Å². The van der Waals surface area contributed by atoms with E-state index < -0.39 is 0 Å². The van der Waals surface area contributed by atoms with E-state index in [0.717, 1.165) is 26.4 Å². The van der Waals surface area contributed by atoms with Gasteiger partial charge in [-0.25, -0.2) is 0 Å². The van der Waals surface area contributed by atoms with Crippen molar-refractivity contribution in [1.82, 2.24) is 9.80 Å². The summed E-state index contributed by atoms with van der Waals surface area (Å²) in [6, 6.07) is 8.86. The summed E-state index contributed by atoms with van der Waals surface area (Å²) in [6.07, 6.45) is 13.8. The Hall–Kier alpha value is -2.10. The summed E-state index contributed by atoms with van der Waals surface area (Å²) in [7, 11) is 0. The largest absolute Gasteiger partial charge is 0.358 e. The molecule has 2 heterocycles. The van der Waals surface area contributed by atoms with E-state index in [1.54, 1.807) is 0 Å². The van der Waals surface area contributed by atoms with E-state index >= 15 is 0 Å². The highest BCUT2D eigenvalue weighted by atomic mass is 15.4. The molecule has 0 atom stereocenters. The Balaban J connectivity index is 1.60. The minimum absolute atomic E-state index is 0.960. The van der Waals surface area contributed by atoms with Crippen molar-refractivity contribution in [3.63, 3.8) is 0 Å². The van der Waals surface area contributed by atoms with Crippen LogP contribution in [-0.2, 0) is 0 Å². The van der Waals surface area contributed by atoms with Gasteiger partial charge in [-0.1, -0.05) is 32.8 Å². The third-order valence-corrected chi connectivity index (χ3v) is 4.67. The van der Waals surface area contributed by atoms with Gasteiger partial charge in [0.1, 0.15) is 0 Å². The van der Waals surface area contributed by atoms with Crippen LogP contribution in [0.3, 0.4) is 0 Å². The molecule has 0 aliphatic carbocycles. The summed E-state index contributed by atoms with van der Waals surface area (Å²) < 4.78 is 0. The number of benzene rings is 1. The highest BCUT2D eigenvalue weighted by Gasteiger charge is 2.17. The third kappa shape index (κ3) is 4.05. The Morgan fingerprint density at radius 2 is 1.25 bits per heavy atom. The molecule has 2 aliphatic rings. The van der Waals surface area contributed by atoms with E-state index in [1.807, 2.05) is 0 Å². The standard InChI is InChI=1S/C20H30N4/c1-3-5-10-21-12-14-23(17-21)19-8-7-9-20(16-19)24-15-13-22(18-24)11-6-4-2/h7-9,12-16H,3-6,10-11,17-18H2,1-2H3. The van der Waals surface area contributed by atoms with Crippen LogP contribution < -0.4 is 9.80 Å². The minimum atomic E-state index is 0.960. The van der Waals surface area contributed by atoms with E-state index in [9.17, 15) is 0 Å². The van der Waals surface area contributed by atoms with Crippen molar-refractivity contribution in [2.75, 3.05) is 36.2 Å². The minimum Gasteiger partial charge on any atom is -0.358 e. The molecule has 0 unspecified atom stereocenters. The van der Waals surface area contributed by atoms with Gasteiger partial charge >= 0.3 is 0 Å². The van der Waals surface area contributed by atoms with Crippen molar-refractivity contribution in [2.45, 2.75) is 39.5 Å². The van der Waals surface area contributed by atoms with Crippen LogP contribution in [0.15, 0.2) is 49.1 Å². The Bertz CT molecular complexity index is 534. The fraction of sp³-hybridized carbons (Fsp3) is 0.500. The average Bonchev–Trinajstić information content (AvgIpc) is 3.28. The number of hydrogen-bond acceptors (Lipinski definition) is 4. The molecule has 4 heteroatoms. The van der Waals surface area contributed by atoms with E-state index in [-0.39, 0.29) is 0 Å². The van der Waals surface area contributed by atoms with Gasteiger partial charge in [-0.05, 0) is 31.0 Å². The maximum Gasteiger partial charge on any atom is 0.0941 e. The number of anilines is 2. The molecule has 0 fully saturated rings. The number of hydrogen-bond donors (Lipinski definition) is 0. The number of nitrogens with zero attached hydrogens (tertiary/aromatic N) is 4. The van der Waals surface area contributed by atoms with Crippen LogP contribution >= 0.6 is 0 Å². The van der Waals surface area contributed by atoms with Gasteiger partial charge in [-0.15, -0.1) is 0 Å². The first-order chi connectivity index (χ1) is 11.8. The van der Waals surface area contributed by atoms with E-state index in [4.69, 9.17) is 0 Å². The van der Waals surface area contributed by atoms with Gasteiger partial charge in [0.2, 0.25) is 0 Å². The highest BCUT2D eigenvalue weighted by molar-refractivity contribution is 5.62. The molecule has 0 spiro atoms. The monoisotopic (exact) mass is 326 g/mol. The molecule has 1 aromatic carbocycles. The van der Waals surface area contributed by atoms with E-state index in [2.05, 4.69) is 82.5 Å². The van der Waals surface area contributed by atoms with Crippen molar-refractivity contribution in [3.05, 3.63) is 49.1 Å². The number of unbranched alkanes of at least 4 members (excludes halogenated alkanes) is 2. The summed E-state index contributed by atoms with van der Waals surface area (Å²) in [5, 5.41) is 0. The summed E-state index contributed by atoms with van der Waals surface area (Å²) >= 11 is 0. The SMILES string of the molecule is CCCCN1C=CN(c2cccc(N3C=CN(CCCC)C3)c2)C1. The highest BCUT2D eigenvalue weighted by Crippen LogP contribution is 2.27. The molecule has 0 amide bonds. The van der Waals surface area contributed by atoms with Crippen molar-refractivity contribution < 1.29 is 0 Å². The van der Waals surface area contributed by atoms with Crippen LogP contribution in [0.25, 0.3) is 0 Å². The second-order valence-electron chi connectivity index (χ2n) is 6.67. The fourth-order valence-corrected chi connectivity index (χ4v) is 3.13. The molecular weight excluding hydrogens is 296 g/mol. The predicted molar refractivity (Wildman–Crippen MR) is 103 cm³/mol. The van der Waals surface area contributed by atoms with Crippen LogP contribution in [0.5, 0.6) is 0 Å². The lowest BCUT2D eigenvalue weighted by Gasteiger charge is -2.24. The zero-order chi connectivity index (χ0) is 16.8. The van der Waals surface area contributed by atoms with Crippen LogP contribution in [0, 0.1) is 0 Å². The summed E-state index contributed by atoms with van der Waals surface area (Å²) in [5.41, 5.74) is 2.53. The molecule has 24 heavy (non-hydrogen) atoms. The Labute approximate surface area is 146 Å². The second-order valence-corrected chi connectivity index (χ2v) is 6.67. The first kappa shape index (κ1) is 16.7. The molecule has 0 saturated heterocycles. The van der Waals surface area contributed by atoms with Gasteiger partial charge in [-0.3, -0.25) is 0 Å². The van der Waals surface area contributed by atoms with Crippen molar-refractivity contribution in [1.29, 1.82) is 0 Å². The first-order valence-corrected chi connectivity index (χ1v) is 9.28. The molecule has 0 bridgehead atoms. The molecular formula is C20H30N4. The second kappa shape index (κ2) is 8.13. The van der Waals surface area contributed by atoms with Crippen LogP contribution in [-0.4, -0.2) is 36.2 Å². The Morgan fingerprint density at radius 3 is 1.71 bits per heavy atom. The molecule has 0 N–H and O–H groups in total. The predicted octanol–water partition coefficient (Wildman–Crippen LogP) is 4.39. The molecule has 0 saturated carbocycles. The normalized spacial score (nSPS) is 16.8. The Kier molecular flexibility index (Phi) is 5.68. The lowest BCUT2D eigenvalue weighted by molar-refractivity contribution is 0.395. The van der Waals surface area contributed by atoms with Gasteiger partial charge in [-0.2, -0.15) is 0 Å². The van der Waals surface area contributed by atoms with Crippen molar-refractivity contribution in [2.24, 2.45) is 0 Å². The average molecular weight is 326 g/mol. The quantitative estimate of drug-likeness (QED) is 0.702. The van der Waals surface area contributed by atoms with Crippen LogP contribution in [0.1, 0.15) is 39.5 Å². The van der Waals surface area contributed by atoms with Gasteiger partial charge in [0.05, 0.1) is 13.3 Å². The lowest BCUT2D eigenvalue weighted by atomic mass is 10.2. The van der Waals surface area contributed by atoms with Crippen LogP contribution in [0.4, 0.5) is 11.4 Å². The van der Waals surface area contributed by atoms with E-state index in [0.29, 0.717) is 0 Å². The molecule has 0 radical (unpaired) electrons. The molecule has 130 valence electrons. The zero-order valence-corrected chi connectivity index (χ0v) is 15.1. The smallest absolute Gasteiger partial charge is 0.0941 e. The maximum atomic E-state index is 2.39. The molecule has 0 aromatic heterocycles. The van der Waals surface area contributed by atoms with Gasteiger partial charge in [0.25, 0.3) is 0 Å². The number of rotatable bonds is 8. The van der Waals surface area contributed by atoms with Crippen LogP contribution in [0.2, 0.25) is 0 Å². The zero-order valence-electron chi connectivity index (χ0n) is 15.1. The summed E-state index contributed by atoms with van der Waals surface area (Å²) in [6.45, 7) is 8.70. The van der Waals surface area contributed by atoms with Crippen molar-refractivity contribution >= 4 is 11.4 Å². The fourth-order valence-electron chi connectivity index (χ4n) is 3.13. The molecule has 1 aromatic rings. The lowest BCUT2D eigenvalue weighted by Crippen LogP contribution is -2.27.